The molecule has 0 saturated heterocycles. The van der Waals surface area contributed by atoms with Gasteiger partial charge in [-0.15, -0.1) is 0 Å². The van der Waals surface area contributed by atoms with Gasteiger partial charge in [0.1, 0.15) is 5.69 Å². The topological polar surface area (TPSA) is 16.8 Å². The zero-order valence-electron chi connectivity index (χ0n) is 22.4. The van der Waals surface area contributed by atoms with E-state index in [4.69, 9.17) is 4.98 Å². The molecule has 1 aromatic heterocycles. The Labute approximate surface area is 229 Å². The maximum Gasteiger partial charge on any atom is 0.287 e. The van der Waals surface area contributed by atoms with E-state index in [1.807, 2.05) is 6.33 Å². The van der Waals surface area contributed by atoms with Crippen molar-refractivity contribution in [2.75, 3.05) is 0 Å². The van der Waals surface area contributed by atoms with Crippen molar-refractivity contribution >= 4 is 10.8 Å². The van der Waals surface area contributed by atoms with E-state index in [1.54, 1.807) is 0 Å². The van der Waals surface area contributed by atoms with Crippen molar-refractivity contribution in [3.8, 4) is 22.5 Å². The molecule has 0 amide bonds. The van der Waals surface area contributed by atoms with Gasteiger partial charge in [-0.2, -0.15) is 0 Å². The first-order valence-electron chi connectivity index (χ1n) is 13.8. The Hall–Kier alpha value is -4.56. The van der Waals surface area contributed by atoms with Crippen LogP contribution in [0.15, 0.2) is 109 Å². The molecule has 5 aromatic carbocycles. The van der Waals surface area contributed by atoms with Gasteiger partial charge in [0.2, 0.25) is 0 Å². The summed E-state index contributed by atoms with van der Waals surface area (Å²) in [5.41, 5.74) is 15.9. The molecule has 0 spiro atoms. The Balaban J connectivity index is 1.35. The molecule has 6 aromatic rings. The van der Waals surface area contributed by atoms with Gasteiger partial charge in [-0.1, -0.05) is 78.9 Å². The van der Waals surface area contributed by atoms with Crippen LogP contribution in [0.5, 0.6) is 0 Å². The Morgan fingerprint density at radius 3 is 1.77 bits per heavy atom. The monoisotopic (exact) mass is 501 g/mol. The molecule has 3 aliphatic rings. The van der Waals surface area contributed by atoms with Crippen molar-refractivity contribution in [3.05, 3.63) is 154 Å². The van der Waals surface area contributed by atoms with Crippen molar-refractivity contribution in [3.63, 3.8) is 0 Å². The van der Waals surface area contributed by atoms with Crippen LogP contribution in [0.3, 0.4) is 0 Å². The van der Waals surface area contributed by atoms with Gasteiger partial charge >= 0.3 is 0 Å². The Morgan fingerprint density at radius 1 is 0.538 bits per heavy atom. The van der Waals surface area contributed by atoms with Gasteiger partial charge in [-0.05, 0) is 92.3 Å². The van der Waals surface area contributed by atoms with Gasteiger partial charge in [0.25, 0.3) is 6.33 Å². The molecule has 39 heavy (non-hydrogen) atoms. The van der Waals surface area contributed by atoms with Gasteiger partial charge in [0.05, 0.1) is 7.05 Å². The van der Waals surface area contributed by atoms with Gasteiger partial charge in [-0.3, -0.25) is 0 Å². The number of benzene rings is 5. The van der Waals surface area contributed by atoms with Crippen LogP contribution < -0.4 is 4.57 Å². The first-order valence-corrected chi connectivity index (χ1v) is 13.8. The van der Waals surface area contributed by atoms with Crippen molar-refractivity contribution in [2.24, 2.45) is 7.05 Å². The highest BCUT2D eigenvalue weighted by molar-refractivity contribution is 5.87. The second kappa shape index (κ2) is 8.22. The standard InChI is InChI=1S/C37H29N2/c1-22-10-4-7-13-26(22)35-20-34(38-21-39(35)3)29-19-33-30(16-23(29)2)36-27-14-8-9-15-28(27)37(33)32-18-25-12-6-5-11-24(25)17-31(32)36/h4-21,36-37H,1-3H3/q+1. The highest BCUT2D eigenvalue weighted by Crippen LogP contribution is 2.57. The third-order valence-electron chi connectivity index (χ3n) is 8.96. The van der Waals surface area contributed by atoms with E-state index in [-0.39, 0.29) is 11.8 Å². The van der Waals surface area contributed by atoms with E-state index in [2.05, 4.69) is 129 Å². The number of hydrogen-bond acceptors (Lipinski definition) is 1. The largest absolute Gasteiger partial charge is 0.287 e. The normalized spacial score (nSPS) is 16.6. The molecule has 0 saturated carbocycles. The minimum absolute atomic E-state index is 0.232. The highest BCUT2D eigenvalue weighted by Gasteiger charge is 2.42. The highest BCUT2D eigenvalue weighted by atomic mass is 15.0. The predicted octanol–water partition coefficient (Wildman–Crippen LogP) is 8.00. The summed E-state index contributed by atoms with van der Waals surface area (Å²) >= 11 is 0. The summed E-state index contributed by atoms with van der Waals surface area (Å²) in [6.07, 6.45) is 1.96. The van der Waals surface area contributed by atoms with E-state index >= 15 is 0 Å². The van der Waals surface area contributed by atoms with Crippen LogP contribution in [0.2, 0.25) is 0 Å². The summed E-state index contributed by atoms with van der Waals surface area (Å²) in [6.45, 7) is 4.42. The molecule has 2 heteroatoms. The number of aromatic nitrogens is 2. The fourth-order valence-electron chi connectivity index (χ4n) is 7.10. The summed E-state index contributed by atoms with van der Waals surface area (Å²) in [7, 11) is 2.08. The lowest BCUT2D eigenvalue weighted by molar-refractivity contribution is -0.663. The van der Waals surface area contributed by atoms with E-state index < -0.39 is 0 Å². The molecule has 186 valence electrons. The van der Waals surface area contributed by atoms with Gasteiger partial charge in [-0.25, -0.2) is 4.57 Å². The van der Waals surface area contributed by atoms with Gasteiger partial charge < -0.3 is 0 Å². The smallest absolute Gasteiger partial charge is 0.232 e. The Bertz CT molecular complexity index is 1970. The first-order chi connectivity index (χ1) is 19.1. The maximum atomic E-state index is 4.93. The third-order valence-corrected chi connectivity index (χ3v) is 8.96. The van der Waals surface area contributed by atoms with E-state index in [9.17, 15) is 0 Å². The molecular formula is C37H29N2+. The zero-order chi connectivity index (χ0) is 26.2. The average molecular weight is 502 g/mol. The van der Waals surface area contributed by atoms with Crippen molar-refractivity contribution < 1.29 is 4.57 Å². The van der Waals surface area contributed by atoms with Crippen LogP contribution in [0.1, 0.15) is 56.3 Å². The maximum absolute atomic E-state index is 4.93. The summed E-state index contributed by atoms with van der Waals surface area (Å²) in [5, 5.41) is 2.64. The van der Waals surface area contributed by atoms with Crippen LogP contribution in [-0.2, 0) is 7.05 Å². The molecule has 2 atom stereocenters. The SMILES string of the molecule is Cc1cc2c(cc1-c1cc(-c3ccccc3C)[n+](C)cn1)C1c3ccccc3C2c2cc3ccccc3cc21. The lowest BCUT2D eigenvalue weighted by Gasteiger charge is -2.42. The molecule has 9 rings (SSSR count). The van der Waals surface area contributed by atoms with Crippen LogP contribution >= 0.6 is 0 Å². The summed E-state index contributed by atoms with van der Waals surface area (Å²) < 4.78 is 2.12. The number of fused-ring (bicyclic) bond motifs is 1. The molecule has 2 unspecified atom stereocenters. The van der Waals surface area contributed by atoms with E-state index in [1.165, 1.54) is 72.1 Å². The van der Waals surface area contributed by atoms with Crippen LogP contribution in [-0.4, -0.2) is 4.98 Å². The van der Waals surface area contributed by atoms with Crippen LogP contribution in [0.4, 0.5) is 0 Å². The number of nitrogens with zero attached hydrogens (tertiary/aromatic N) is 2. The number of hydrogen-bond donors (Lipinski definition) is 0. The Kier molecular flexibility index (Phi) is 4.73. The minimum Gasteiger partial charge on any atom is -0.232 e. The molecule has 1 heterocycles. The Morgan fingerprint density at radius 2 is 1.10 bits per heavy atom. The lowest BCUT2D eigenvalue weighted by atomic mass is 9.60. The quantitative estimate of drug-likeness (QED) is 0.219. The molecule has 2 nitrogen and oxygen atoms in total. The van der Waals surface area contributed by atoms with Crippen molar-refractivity contribution in [2.45, 2.75) is 25.7 Å². The van der Waals surface area contributed by atoms with Crippen LogP contribution in [0, 0.1) is 13.8 Å². The fraction of sp³-hybridized carbons (Fsp3) is 0.135. The van der Waals surface area contributed by atoms with Crippen molar-refractivity contribution in [1.82, 2.24) is 4.98 Å². The lowest BCUT2D eigenvalue weighted by Crippen LogP contribution is -2.31. The van der Waals surface area contributed by atoms with E-state index in [0.717, 1.165) is 5.69 Å². The second-order valence-corrected chi connectivity index (χ2v) is 11.2. The summed E-state index contributed by atoms with van der Waals surface area (Å²) in [5.74, 6) is 0.494. The molecule has 0 N–H and O–H groups in total. The molecule has 0 radical (unpaired) electrons. The van der Waals surface area contributed by atoms with Crippen molar-refractivity contribution in [1.29, 1.82) is 0 Å². The van der Waals surface area contributed by atoms with Gasteiger partial charge in [0, 0.05) is 29.0 Å². The molecule has 2 bridgehead atoms. The van der Waals surface area contributed by atoms with Crippen LogP contribution in [0.25, 0.3) is 33.3 Å². The molecule has 0 fully saturated rings. The molecular weight excluding hydrogens is 472 g/mol. The fourth-order valence-corrected chi connectivity index (χ4v) is 7.10. The third kappa shape index (κ3) is 3.21. The van der Waals surface area contributed by atoms with Gasteiger partial charge in [0.15, 0.2) is 5.69 Å². The molecule has 0 aliphatic heterocycles. The number of aryl methyl sites for hydroxylation is 3. The second-order valence-electron chi connectivity index (χ2n) is 11.2. The molecule has 3 aliphatic carbocycles. The zero-order valence-corrected chi connectivity index (χ0v) is 22.4. The average Bonchev–Trinajstić information content (AvgIpc) is 2.96. The summed E-state index contributed by atoms with van der Waals surface area (Å²) in [6, 6.07) is 38.5. The predicted molar refractivity (Wildman–Crippen MR) is 158 cm³/mol. The van der Waals surface area contributed by atoms with E-state index in [0.29, 0.717) is 0 Å². The minimum atomic E-state index is 0.232. The number of rotatable bonds is 2. The summed E-state index contributed by atoms with van der Waals surface area (Å²) in [4.78, 5) is 4.93. The first kappa shape index (κ1) is 22.4.